The van der Waals surface area contributed by atoms with Crippen LogP contribution in [-0.4, -0.2) is 19.6 Å². The monoisotopic (exact) mass is 236 g/mol. The lowest BCUT2D eigenvalue weighted by Crippen LogP contribution is -2.26. The second kappa shape index (κ2) is 2.96. The zero-order chi connectivity index (χ0) is 11.3. The van der Waals surface area contributed by atoms with Crippen LogP contribution >= 0.6 is 11.6 Å². The Bertz CT molecular complexity index is 814. The van der Waals surface area contributed by atoms with Gasteiger partial charge in [0, 0.05) is 0 Å². The van der Waals surface area contributed by atoms with Gasteiger partial charge in [-0.05, 0) is 12.1 Å². The van der Waals surface area contributed by atoms with E-state index in [-0.39, 0.29) is 5.65 Å². The molecule has 0 fully saturated rings. The Morgan fingerprint density at radius 3 is 2.88 bits per heavy atom. The zero-order valence-electron chi connectivity index (χ0n) is 7.82. The molecule has 6 nitrogen and oxygen atoms in total. The lowest BCUT2D eigenvalue weighted by Gasteiger charge is -2.00. The first-order valence-electron chi connectivity index (χ1n) is 4.46. The number of fused-ring (bicyclic) bond motifs is 3. The smallest absolute Gasteiger partial charge is 0.306 e. The van der Waals surface area contributed by atoms with Gasteiger partial charge in [0.05, 0.1) is 15.9 Å². The molecule has 1 aromatic carbocycles. The van der Waals surface area contributed by atoms with Crippen LogP contribution in [-0.2, 0) is 0 Å². The van der Waals surface area contributed by atoms with E-state index in [9.17, 15) is 9.59 Å². The first kappa shape index (κ1) is 9.17. The zero-order valence-corrected chi connectivity index (χ0v) is 8.58. The summed E-state index contributed by atoms with van der Waals surface area (Å²) in [5, 5.41) is 6.98. The van der Waals surface area contributed by atoms with E-state index in [4.69, 9.17) is 11.6 Å². The predicted molar refractivity (Wildman–Crippen MR) is 58.9 cm³/mol. The molecule has 0 atom stereocenters. The maximum Gasteiger partial charge on any atom is 0.351 e. The van der Waals surface area contributed by atoms with Gasteiger partial charge in [-0.15, -0.1) is 0 Å². The average molecular weight is 237 g/mol. The summed E-state index contributed by atoms with van der Waals surface area (Å²) in [6, 6.07) is 5.07. The SMILES string of the molecule is O=c1[nH]nc2c3c(Cl)cccc3[nH]c(=O)n12. The minimum atomic E-state index is -0.585. The molecule has 0 bridgehead atoms. The Morgan fingerprint density at radius 2 is 2.06 bits per heavy atom. The number of nitrogens with zero attached hydrogens (tertiary/aromatic N) is 2. The van der Waals surface area contributed by atoms with E-state index in [1.54, 1.807) is 18.2 Å². The molecular weight excluding hydrogens is 232 g/mol. The third-order valence-corrected chi connectivity index (χ3v) is 2.67. The highest BCUT2D eigenvalue weighted by Gasteiger charge is 2.11. The van der Waals surface area contributed by atoms with Gasteiger partial charge in [0.25, 0.3) is 0 Å². The van der Waals surface area contributed by atoms with Gasteiger partial charge in [0.1, 0.15) is 0 Å². The number of aromatic nitrogens is 4. The Kier molecular flexibility index (Phi) is 1.69. The number of nitrogens with one attached hydrogen (secondary N) is 2. The van der Waals surface area contributed by atoms with Crippen LogP contribution in [0, 0.1) is 0 Å². The minimum Gasteiger partial charge on any atom is -0.306 e. The molecule has 2 heterocycles. The number of aromatic amines is 2. The molecule has 0 unspecified atom stereocenters. The van der Waals surface area contributed by atoms with E-state index >= 15 is 0 Å². The normalized spacial score (nSPS) is 11.3. The Balaban J connectivity index is 2.79. The minimum absolute atomic E-state index is 0.231. The highest BCUT2D eigenvalue weighted by molar-refractivity contribution is 6.36. The molecule has 3 aromatic rings. The summed E-state index contributed by atoms with van der Waals surface area (Å²) in [6.07, 6.45) is 0. The largest absolute Gasteiger partial charge is 0.351 e. The van der Waals surface area contributed by atoms with Crippen molar-refractivity contribution in [1.82, 2.24) is 19.6 Å². The van der Waals surface area contributed by atoms with Crippen LogP contribution in [0.15, 0.2) is 27.8 Å². The van der Waals surface area contributed by atoms with E-state index < -0.39 is 11.4 Å². The molecule has 2 N–H and O–H groups in total. The van der Waals surface area contributed by atoms with Crippen LogP contribution < -0.4 is 11.4 Å². The molecule has 3 rings (SSSR count). The predicted octanol–water partition coefficient (Wildman–Crippen LogP) is 0.517. The molecule has 0 aliphatic rings. The van der Waals surface area contributed by atoms with Crippen LogP contribution in [0.1, 0.15) is 0 Å². The van der Waals surface area contributed by atoms with Gasteiger partial charge in [0.2, 0.25) is 0 Å². The molecule has 80 valence electrons. The highest BCUT2D eigenvalue weighted by Crippen LogP contribution is 2.22. The molecule has 0 aliphatic carbocycles. The van der Waals surface area contributed by atoms with Crippen molar-refractivity contribution in [1.29, 1.82) is 0 Å². The van der Waals surface area contributed by atoms with Gasteiger partial charge in [-0.1, -0.05) is 17.7 Å². The number of rotatable bonds is 0. The Labute approximate surface area is 92.5 Å². The molecule has 16 heavy (non-hydrogen) atoms. The number of hydrogen-bond acceptors (Lipinski definition) is 3. The molecule has 0 radical (unpaired) electrons. The summed E-state index contributed by atoms with van der Waals surface area (Å²) >= 11 is 6.01. The second-order valence-corrected chi connectivity index (χ2v) is 3.69. The molecule has 0 saturated heterocycles. The van der Waals surface area contributed by atoms with E-state index in [0.717, 1.165) is 4.40 Å². The first-order valence-corrected chi connectivity index (χ1v) is 4.84. The number of hydrogen-bond donors (Lipinski definition) is 2. The van der Waals surface area contributed by atoms with E-state index in [1.165, 1.54) is 0 Å². The van der Waals surface area contributed by atoms with E-state index in [0.29, 0.717) is 15.9 Å². The molecule has 0 amide bonds. The van der Waals surface area contributed by atoms with Crippen LogP contribution in [0.2, 0.25) is 5.02 Å². The second-order valence-electron chi connectivity index (χ2n) is 3.28. The summed E-state index contributed by atoms with van der Waals surface area (Å²) in [5.41, 5.74) is -0.347. The molecule has 0 aliphatic heterocycles. The van der Waals surface area contributed by atoms with Crippen molar-refractivity contribution in [3.8, 4) is 0 Å². The molecule has 0 saturated carbocycles. The Morgan fingerprint density at radius 1 is 1.25 bits per heavy atom. The number of H-pyrrole nitrogens is 2. The van der Waals surface area contributed by atoms with Crippen molar-refractivity contribution in [2.45, 2.75) is 0 Å². The van der Waals surface area contributed by atoms with Gasteiger partial charge in [-0.25, -0.2) is 14.7 Å². The summed E-state index contributed by atoms with van der Waals surface area (Å²) in [4.78, 5) is 25.5. The fraction of sp³-hybridized carbons (Fsp3) is 0. The third kappa shape index (κ3) is 1.04. The molecular formula is C9H5ClN4O2. The number of halogens is 1. The highest BCUT2D eigenvalue weighted by atomic mass is 35.5. The van der Waals surface area contributed by atoms with Gasteiger partial charge in [0.15, 0.2) is 5.65 Å². The maximum absolute atomic E-state index is 11.6. The van der Waals surface area contributed by atoms with Crippen molar-refractivity contribution in [3.05, 3.63) is 44.2 Å². The van der Waals surface area contributed by atoms with Crippen molar-refractivity contribution in [3.63, 3.8) is 0 Å². The summed E-state index contributed by atoms with van der Waals surface area (Å²) < 4.78 is 0.911. The van der Waals surface area contributed by atoms with Crippen LogP contribution in [0.25, 0.3) is 16.6 Å². The lowest BCUT2D eigenvalue weighted by molar-refractivity contribution is 0.958. The maximum atomic E-state index is 11.6. The quantitative estimate of drug-likeness (QED) is 0.597. The van der Waals surface area contributed by atoms with E-state index in [2.05, 4.69) is 15.2 Å². The topological polar surface area (TPSA) is 83.0 Å². The van der Waals surface area contributed by atoms with Crippen LogP contribution in [0.5, 0.6) is 0 Å². The standard InChI is InChI=1S/C9H5ClN4O2/c10-4-2-1-3-5-6(4)7-12-13-9(16)14(7)8(15)11-5/h1-3H,(H,11,15)(H,13,16). The number of benzene rings is 1. The van der Waals surface area contributed by atoms with Gasteiger partial charge in [-0.2, -0.15) is 9.50 Å². The first-order chi connectivity index (χ1) is 7.68. The fourth-order valence-electron chi connectivity index (χ4n) is 1.68. The van der Waals surface area contributed by atoms with Crippen molar-refractivity contribution >= 4 is 28.2 Å². The summed E-state index contributed by atoms with van der Waals surface area (Å²) in [7, 11) is 0. The molecule has 2 aromatic heterocycles. The van der Waals surface area contributed by atoms with E-state index in [1.807, 2.05) is 0 Å². The fourth-order valence-corrected chi connectivity index (χ4v) is 1.94. The van der Waals surface area contributed by atoms with Gasteiger partial charge in [-0.3, -0.25) is 0 Å². The van der Waals surface area contributed by atoms with Gasteiger partial charge >= 0.3 is 11.4 Å². The van der Waals surface area contributed by atoms with Crippen molar-refractivity contribution in [2.24, 2.45) is 0 Å². The van der Waals surface area contributed by atoms with Crippen LogP contribution in [0.3, 0.4) is 0 Å². The lowest BCUT2D eigenvalue weighted by atomic mass is 10.2. The molecule has 0 spiro atoms. The van der Waals surface area contributed by atoms with Crippen molar-refractivity contribution < 1.29 is 0 Å². The van der Waals surface area contributed by atoms with Crippen molar-refractivity contribution in [2.75, 3.05) is 0 Å². The molecule has 7 heteroatoms. The average Bonchev–Trinajstić information content (AvgIpc) is 2.61. The third-order valence-electron chi connectivity index (χ3n) is 2.35. The summed E-state index contributed by atoms with van der Waals surface area (Å²) in [5.74, 6) is 0. The summed E-state index contributed by atoms with van der Waals surface area (Å²) in [6.45, 7) is 0. The van der Waals surface area contributed by atoms with Crippen LogP contribution in [0.4, 0.5) is 0 Å². The van der Waals surface area contributed by atoms with Gasteiger partial charge < -0.3 is 4.98 Å². The Hall–Kier alpha value is -2.08.